The highest BCUT2D eigenvalue weighted by molar-refractivity contribution is 6.28. The molecule has 0 aromatic heterocycles. The molecule has 0 radical (unpaired) electrons. The van der Waals surface area contributed by atoms with Gasteiger partial charge in [-0.1, -0.05) is 67.2 Å². The molecule has 0 spiro atoms. The van der Waals surface area contributed by atoms with Crippen LogP contribution < -0.4 is 0 Å². The van der Waals surface area contributed by atoms with Gasteiger partial charge in [0.15, 0.2) is 0 Å². The largest absolute Gasteiger partial charge is 0.778 e. The van der Waals surface area contributed by atoms with Crippen molar-refractivity contribution in [2.75, 3.05) is 0 Å². The Morgan fingerprint density at radius 1 is 1.00 bits per heavy atom. The smallest absolute Gasteiger partial charge is 0.466 e. The molecule has 2 aromatic rings. The summed E-state index contributed by atoms with van der Waals surface area (Å²) in [6.45, 7) is 3.37. The number of benzene rings is 2. The fraction of sp³-hybridized carbons (Fsp3) is 0. The Morgan fingerprint density at radius 3 is 2.20 bits per heavy atom. The molecule has 0 saturated heterocycles. The van der Waals surface area contributed by atoms with Gasteiger partial charge < -0.3 is 8.85 Å². The average Bonchev–Trinajstić information content (AvgIpc) is 2.49. The van der Waals surface area contributed by atoms with Gasteiger partial charge in [-0.3, -0.25) is 4.46 Å². The van der Waals surface area contributed by atoms with Crippen LogP contribution in [0, 0.1) is 0 Å². The quantitative estimate of drug-likeness (QED) is 0.459. The maximum absolute atomic E-state index is 11.6. The zero-order valence-corrected chi connectivity index (χ0v) is 11.9. The third kappa shape index (κ3) is 4.03. The Balaban J connectivity index is 2.32. The van der Waals surface area contributed by atoms with Crippen LogP contribution in [0.15, 0.2) is 73.5 Å². The van der Waals surface area contributed by atoms with Crippen molar-refractivity contribution in [1.82, 2.24) is 0 Å². The van der Waals surface area contributed by atoms with Crippen molar-refractivity contribution in [3.8, 4) is 0 Å². The molecule has 0 N–H and O–H groups in total. The van der Waals surface area contributed by atoms with E-state index in [4.69, 9.17) is 8.85 Å². The highest BCUT2D eigenvalue weighted by Crippen LogP contribution is 2.19. The third-order valence-corrected chi connectivity index (χ3v) is 3.27. The molecule has 4 heteroatoms. The van der Waals surface area contributed by atoms with Crippen molar-refractivity contribution in [3.05, 3.63) is 84.6 Å². The Bertz CT molecular complexity index is 606. The molecule has 0 aliphatic heterocycles. The standard InChI is InChI=1S/C16H14O3Si/c1-2-18-20(17)19-16(15-11-7-4-8-12-15)13-14-9-5-3-6-10-14/h2-13H,1H2/b16-13-. The van der Waals surface area contributed by atoms with Crippen molar-refractivity contribution in [1.29, 1.82) is 0 Å². The Kier molecular flexibility index (Phi) is 5.03. The molecule has 0 atom stereocenters. The lowest BCUT2D eigenvalue weighted by Crippen LogP contribution is -2.08. The lowest BCUT2D eigenvalue weighted by atomic mass is 10.1. The topological polar surface area (TPSA) is 35.5 Å². The van der Waals surface area contributed by atoms with E-state index in [1.807, 2.05) is 66.7 Å². The predicted octanol–water partition coefficient (Wildman–Crippen LogP) is 3.78. The van der Waals surface area contributed by atoms with E-state index in [-0.39, 0.29) is 0 Å². The molecular weight excluding hydrogens is 268 g/mol. The maximum atomic E-state index is 11.6. The summed E-state index contributed by atoms with van der Waals surface area (Å²) in [4.78, 5) is 0. The fourth-order valence-electron chi connectivity index (χ4n) is 1.66. The lowest BCUT2D eigenvalue weighted by molar-refractivity contribution is 0.300. The van der Waals surface area contributed by atoms with Gasteiger partial charge in [0.2, 0.25) is 0 Å². The van der Waals surface area contributed by atoms with Crippen LogP contribution in [0.25, 0.3) is 11.8 Å². The minimum absolute atomic E-state index is 0.502. The van der Waals surface area contributed by atoms with Crippen LogP contribution in [-0.2, 0) is 13.3 Å². The molecule has 0 aliphatic carbocycles. The van der Waals surface area contributed by atoms with Gasteiger partial charge in [-0.05, 0) is 11.6 Å². The molecule has 0 saturated carbocycles. The fourth-order valence-corrected chi connectivity index (χ4v) is 2.20. The van der Waals surface area contributed by atoms with E-state index < -0.39 is 9.17 Å². The summed E-state index contributed by atoms with van der Waals surface area (Å²) in [5.74, 6) is 0.502. The van der Waals surface area contributed by atoms with E-state index in [1.54, 1.807) is 0 Å². The number of hydrogen-bond donors (Lipinski definition) is 0. The van der Waals surface area contributed by atoms with E-state index in [1.165, 1.54) is 0 Å². The molecule has 0 fully saturated rings. The average molecular weight is 282 g/mol. The zero-order chi connectivity index (χ0) is 14.2. The molecule has 100 valence electrons. The van der Waals surface area contributed by atoms with Gasteiger partial charge in [-0.15, -0.1) is 0 Å². The summed E-state index contributed by atoms with van der Waals surface area (Å²) in [6, 6.07) is 19.1. The van der Waals surface area contributed by atoms with E-state index in [2.05, 4.69) is 6.58 Å². The summed E-state index contributed by atoms with van der Waals surface area (Å²) in [7, 11) is -2.64. The lowest BCUT2D eigenvalue weighted by Gasteiger charge is -2.08. The second-order valence-electron chi connectivity index (χ2n) is 3.92. The number of hydrogen-bond acceptors (Lipinski definition) is 3. The highest BCUT2D eigenvalue weighted by Gasteiger charge is 2.14. The van der Waals surface area contributed by atoms with Crippen LogP contribution in [0.1, 0.15) is 11.1 Å². The molecule has 0 bridgehead atoms. The van der Waals surface area contributed by atoms with Crippen molar-refractivity contribution < 1.29 is 13.3 Å². The summed E-state index contributed by atoms with van der Waals surface area (Å²) in [6.07, 6.45) is 2.94. The molecule has 0 unspecified atom stereocenters. The van der Waals surface area contributed by atoms with Crippen molar-refractivity contribution >= 4 is 21.0 Å². The van der Waals surface area contributed by atoms with E-state index in [9.17, 15) is 4.46 Å². The second-order valence-corrected chi connectivity index (χ2v) is 4.86. The van der Waals surface area contributed by atoms with Gasteiger partial charge in [0.1, 0.15) is 5.76 Å². The van der Waals surface area contributed by atoms with Crippen LogP contribution in [0.5, 0.6) is 0 Å². The van der Waals surface area contributed by atoms with Gasteiger partial charge >= 0.3 is 9.17 Å². The van der Waals surface area contributed by atoms with Gasteiger partial charge in [0.25, 0.3) is 0 Å². The Labute approximate surface area is 119 Å². The number of rotatable bonds is 6. The van der Waals surface area contributed by atoms with Crippen LogP contribution in [0.2, 0.25) is 0 Å². The van der Waals surface area contributed by atoms with E-state index >= 15 is 0 Å². The second kappa shape index (κ2) is 7.21. The first-order chi connectivity index (χ1) is 9.79. The molecule has 0 heterocycles. The molecule has 2 aromatic carbocycles. The van der Waals surface area contributed by atoms with Crippen LogP contribution in [0.3, 0.4) is 0 Å². The van der Waals surface area contributed by atoms with E-state index in [0.717, 1.165) is 17.4 Å². The Hall–Kier alpha value is -2.46. The maximum Gasteiger partial charge on any atom is 0.778 e. The summed E-state index contributed by atoms with van der Waals surface area (Å²) in [5, 5.41) is 0. The SMILES string of the molecule is C=CO[Si](=O)O/C(=C\c1ccccc1)c1ccccc1. The minimum atomic E-state index is -2.64. The normalized spacial score (nSPS) is 10.7. The Morgan fingerprint density at radius 2 is 1.60 bits per heavy atom. The third-order valence-electron chi connectivity index (χ3n) is 2.53. The van der Waals surface area contributed by atoms with Gasteiger partial charge in [0.05, 0.1) is 6.26 Å². The van der Waals surface area contributed by atoms with Crippen LogP contribution >= 0.6 is 0 Å². The van der Waals surface area contributed by atoms with Gasteiger partial charge in [-0.25, -0.2) is 0 Å². The monoisotopic (exact) mass is 282 g/mol. The molecule has 0 amide bonds. The molecule has 0 aliphatic rings. The molecule has 2 rings (SSSR count). The summed E-state index contributed by atoms with van der Waals surface area (Å²) < 4.78 is 21.8. The molecule has 20 heavy (non-hydrogen) atoms. The summed E-state index contributed by atoms with van der Waals surface area (Å²) in [5.41, 5.74) is 1.79. The van der Waals surface area contributed by atoms with E-state index in [0.29, 0.717) is 5.76 Å². The van der Waals surface area contributed by atoms with Crippen LogP contribution in [-0.4, -0.2) is 9.17 Å². The molecular formula is C16H14O3Si. The molecule has 3 nitrogen and oxygen atoms in total. The van der Waals surface area contributed by atoms with Gasteiger partial charge in [-0.2, -0.15) is 0 Å². The van der Waals surface area contributed by atoms with Crippen molar-refractivity contribution in [3.63, 3.8) is 0 Å². The zero-order valence-electron chi connectivity index (χ0n) is 10.9. The van der Waals surface area contributed by atoms with Gasteiger partial charge in [0, 0.05) is 5.56 Å². The first kappa shape index (κ1) is 14.0. The highest BCUT2D eigenvalue weighted by atomic mass is 28.3. The van der Waals surface area contributed by atoms with Crippen molar-refractivity contribution in [2.24, 2.45) is 0 Å². The first-order valence-corrected chi connectivity index (χ1v) is 7.33. The van der Waals surface area contributed by atoms with Crippen LogP contribution in [0.4, 0.5) is 0 Å². The summed E-state index contributed by atoms with van der Waals surface area (Å²) >= 11 is 0. The predicted molar refractivity (Wildman–Crippen MR) is 79.6 cm³/mol. The first-order valence-electron chi connectivity index (χ1n) is 6.11. The van der Waals surface area contributed by atoms with Crippen molar-refractivity contribution in [2.45, 2.75) is 0 Å². The minimum Gasteiger partial charge on any atom is -0.466 e.